The van der Waals surface area contributed by atoms with Crippen LogP contribution in [0.1, 0.15) is 6.92 Å². The number of rotatable bonds is 4. The van der Waals surface area contributed by atoms with Crippen LogP contribution in [0.25, 0.3) is 0 Å². The lowest BCUT2D eigenvalue weighted by Crippen LogP contribution is -2.34. The fourth-order valence-corrected chi connectivity index (χ4v) is 1.84. The van der Waals surface area contributed by atoms with Gasteiger partial charge in [-0.2, -0.15) is 0 Å². The first-order valence-electron chi connectivity index (χ1n) is 6.48. The van der Waals surface area contributed by atoms with Gasteiger partial charge in [0.15, 0.2) is 6.23 Å². The largest absolute Gasteiger partial charge is 0.515 e. The molecule has 0 fully saturated rings. The van der Waals surface area contributed by atoms with E-state index in [4.69, 9.17) is 21.1 Å². The molecule has 0 aliphatic carbocycles. The van der Waals surface area contributed by atoms with E-state index in [1.807, 2.05) is 42.3 Å². The minimum Gasteiger partial charge on any atom is -0.410 e. The van der Waals surface area contributed by atoms with Gasteiger partial charge in [-0.1, -0.05) is 29.8 Å². The number of hydrogen-bond acceptors (Lipinski definition) is 4. The van der Waals surface area contributed by atoms with Gasteiger partial charge in [-0.3, -0.25) is 0 Å². The summed E-state index contributed by atoms with van der Waals surface area (Å²) in [5.41, 5.74) is 0.948. The van der Waals surface area contributed by atoms with Gasteiger partial charge in [-0.05, 0) is 43.3 Å². The zero-order valence-electron chi connectivity index (χ0n) is 11.8. The predicted octanol–water partition coefficient (Wildman–Crippen LogP) is 4.34. The van der Waals surface area contributed by atoms with Gasteiger partial charge in [0.05, 0.1) is 0 Å². The van der Waals surface area contributed by atoms with Gasteiger partial charge >= 0.3 is 6.16 Å². The highest BCUT2D eigenvalue weighted by atomic mass is 35.5. The van der Waals surface area contributed by atoms with Crippen molar-refractivity contribution in [3.05, 3.63) is 59.6 Å². The third kappa shape index (κ3) is 4.39. The Kier molecular flexibility index (Phi) is 5.06. The fraction of sp³-hybridized carbons (Fsp3) is 0.188. The molecule has 5 heteroatoms. The van der Waals surface area contributed by atoms with Crippen molar-refractivity contribution < 1.29 is 14.3 Å². The van der Waals surface area contributed by atoms with Crippen LogP contribution >= 0.6 is 11.6 Å². The molecule has 0 amide bonds. The van der Waals surface area contributed by atoms with Gasteiger partial charge in [0.2, 0.25) is 0 Å². The normalized spacial score (nSPS) is 11.6. The van der Waals surface area contributed by atoms with Crippen LogP contribution in [-0.2, 0) is 4.74 Å². The molecule has 0 spiro atoms. The minimum atomic E-state index is -0.757. The van der Waals surface area contributed by atoms with Crippen molar-refractivity contribution in [3.63, 3.8) is 0 Å². The summed E-state index contributed by atoms with van der Waals surface area (Å²) in [6.45, 7) is 1.77. The first kappa shape index (κ1) is 15.2. The lowest BCUT2D eigenvalue weighted by molar-refractivity contribution is 0.0661. The Hall–Kier alpha value is -2.20. The van der Waals surface area contributed by atoms with E-state index < -0.39 is 12.4 Å². The molecular formula is C16H16ClNO3. The van der Waals surface area contributed by atoms with Crippen molar-refractivity contribution >= 4 is 23.4 Å². The fourth-order valence-electron chi connectivity index (χ4n) is 1.71. The maximum Gasteiger partial charge on any atom is 0.515 e. The van der Waals surface area contributed by atoms with Gasteiger partial charge in [0.25, 0.3) is 0 Å². The maximum atomic E-state index is 11.7. The Morgan fingerprint density at radius 1 is 1.10 bits per heavy atom. The van der Waals surface area contributed by atoms with Crippen molar-refractivity contribution in [2.75, 3.05) is 11.9 Å². The highest BCUT2D eigenvalue weighted by molar-refractivity contribution is 6.30. The molecule has 4 nitrogen and oxygen atoms in total. The lowest BCUT2D eigenvalue weighted by atomic mass is 10.3. The molecule has 0 aromatic heterocycles. The second kappa shape index (κ2) is 6.99. The first-order valence-corrected chi connectivity index (χ1v) is 6.86. The van der Waals surface area contributed by atoms with Crippen LogP contribution in [0.15, 0.2) is 54.6 Å². The Bertz CT molecular complexity index is 586. The molecule has 2 rings (SSSR count). The molecule has 21 heavy (non-hydrogen) atoms. The van der Waals surface area contributed by atoms with Gasteiger partial charge in [-0.25, -0.2) is 4.79 Å². The number of halogens is 1. The summed E-state index contributed by atoms with van der Waals surface area (Å²) in [5.74, 6) is 0.388. The number of carbonyl (C=O) groups excluding carboxylic acids is 1. The SMILES string of the molecule is CC(OC(=O)Oc1ccc(Cl)cc1)N(C)c1ccccc1. The second-order valence-electron chi connectivity index (χ2n) is 4.47. The average molecular weight is 306 g/mol. The molecule has 1 atom stereocenters. The first-order chi connectivity index (χ1) is 10.1. The topological polar surface area (TPSA) is 38.8 Å². The lowest BCUT2D eigenvalue weighted by Gasteiger charge is -2.26. The van der Waals surface area contributed by atoms with Crippen LogP contribution in [-0.4, -0.2) is 19.4 Å². The van der Waals surface area contributed by atoms with E-state index >= 15 is 0 Å². The van der Waals surface area contributed by atoms with Gasteiger partial charge in [-0.15, -0.1) is 0 Å². The van der Waals surface area contributed by atoms with Crippen LogP contribution in [0.5, 0.6) is 5.75 Å². The van der Waals surface area contributed by atoms with E-state index in [2.05, 4.69) is 0 Å². The monoisotopic (exact) mass is 305 g/mol. The number of carbonyl (C=O) groups is 1. The van der Waals surface area contributed by atoms with Crippen molar-refractivity contribution in [2.45, 2.75) is 13.2 Å². The standard InChI is InChI=1S/C16H16ClNO3/c1-12(18(2)14-6-4-3-5-7-14)20-16(19)21-15-10-8-13(17)9-11-15/h3-12H,1-2H3. The van der Waals surface area contributed by atoms with Crippen LogP contribution in [0, 0.1) is 0 Å². The van der Waals surface area contributed by atoms with Crippen LogP contribution < -0.4 is 9.64 Å². The van der Waals surface area contributed by atoms with Gasteiger partial charge < -0.3 is 14.4 Å². The van der Waals surface area contributed by atoms with Crippen molar-refractivity contribution in [1.29, 1.82) is 0 Å². The van der Waals surface area contributed by atoms with Gasteiger partial charge in [0, 0.05) is 17.8 Å². The van der Waals surface area contributed by atoms with Crippen molar-refractivity contribution in [2.24, 2.45) is 0 Å². The Morgan fingerprint density at radius 3 is 2.33 bits per heavy atom. The average Bonchev–Trinajstić information content (AvgIpc) is 2.49. The highest BCUT2D eigenvalue weighted by Crippen LogP contribution is 2.18. The molecule has 0 aliphatic rings. The Labute approximate surface area is 128 Å². The third-order valence-electron chi connectivity index (χ3n) is 2.99. The number of anilines is 1. The Balaban J connectivity index is 1.91. The molecule has 0 N–H and O–H groups in total. The Morgan fingerprint density at radius 2 is 1.71 bits per heavy atom. The zero-order chi connectivity index (χ0) is 15.2. The maximum absolute atomic E-state index is 11.7. The highest BCUT2D eigenvalue weighted by Gasteiger charge is 2.16. The molecule has 2 aromatic rings. The smallest absolute Gasteiger partial charge is 0.410 e. The summed E-state index contributed by atoms with van der Waals surface area (Å²) in [5, 5.41) is 0.577. The van der Waals surface area contributed by atoms with E-state index in [0.29, 0.717) is 10.8 Å². The number of hydrogen-bond donors (Lipinski definition) is 0. The summed E-state index contributed by atoms with van der Waals surface area (Å²) in [6.07, 6.45) is -1.21. The summed E-state index contributed by atoms with van der Waals surface area (Å²) >= 11 is 5.76. The van der Waals surface area contributed by atoms with E-state index in [1.165, 1.54) is 0 Å². The molecule has 2 aromatic carbocycles. The van der Waals surface area contributed by atoms with E-state index in [-0.39, 0.29) is 0 Å². The zero-order valence-corrected chi connectivity index (χ0v) is 12.6. The van der Waals surface area contributed by atoms with E-state index in [1.54, 1.807) is 31.2 Å². The minimum absolute atomic E-state index is 0.388. The number of ether oxygens (including phenoxy) is 2. The van der Waals surface area contributed by atoms with Crippen LogP contribution in [0.3, 0.4) is 0 Å². The number of para-hydroxylation sites is 1. The molecule has 1 unspecified atom stereocenters. The molecule has 0 radical (unpaired) electrons. The second-order valence-corrected chi connectivity index (χ2v) is 4.91. The summed E-state index contributed by atoms with van der Waals surface area (Å²) in [7, 11) is 1.84. The van der Waals surface area contributed by atoms with Crippen LogP contribution in [0.4, 0.5) is 10.5 Å². The number of benzene rings is 2. The molecule has 110 valence electrons. The predicted molar refractivity (Wildman–Crippen MR) is 82.9 cm³/mol. The summed E-state index contributed by atoms with van der Waals surface area (Å²) in [4.78, 5) is 13.6. The molecule has 0 aliphatic heterocycles. The molecule has 0 heterocycles. The van der Waals surface area contributed by atoms with E-state index in [9.17, 15) is 4.79 Å². The van der Waals surface area contributed by atoms with E-state index in [0.717, 1.165) is 5.69 Å². The molecule has 0 saturated carbocycles. The van der Waals surface area contributed by atoms with Crippen molar-refractivity contribution in [1.82, 2.24) is 0 Å². The third-order valence-corrected chi connectivity index (χ3v) is 3.24. The molecule has 0 bridgehead atoms. The summed E-state index contributed by atoms with van der Waals surface area (Å²) < 4.78 is 10.3. The molecule has 0 saturated heterocycles. The number of nitrogens with zero attached hydrogens (tertiary/aromatic N) is 1. The van der Waals surface area contributed by atoms with Gasteiger partial charge in [0.1, 0.15) is 5.75 Å². The van der Waals surface area contributed by atoms with Crippen LogP contribution in [0.2, 0.25) is 5.02 Å². The quantitative estimate of drug-likeness (QED) is 0.478. The summed E-state index contributed by atoms with van der Waals surface area (Å²) in [6, 6.07) is 16.1. The molecular weight excluding hydrogens is 290 g/mol. The van der Waals surface area contributed by atoms with Crippen molar-refractivity contribution in [3.8, 4) is 5.75 Å².